The number of nitrogens with two attached hydrogens (primary N) is 1. The van der Waals surface area contributed by atoms with E-state index in [9.17, 15) is 9.59 Å². The van der Waals surface area contributed by atoms with Gasteiger partial charge in [0, 0.05) is 14.1 Å². The number of nitrogens with zero attached hydrogens (tertiary/aromatic N) is 4. The van der Waals surface area contributed by atoms with Gasteiger partial charge >= 0.3 is 5.69 Å². The number of aryl methyl sites for hydroxylation is 1. The van der Waals surface area contributed by atoms with E-state index in [4.69, 9.17) is 17.3 Å². The molecular formula is C8H8ClN5O2. The van der Waals surface area contributed by atoms with Crippen LogP contribution in [0.1, 0.15) is 0 Å². The first-order valence-electron chi connectivity index (χ1n) is 4.32. The van der Waals surface area contributed by atoms with Gasteiger partial charge in [-0.1, -0.05) is 11.6 Å². The molecule has 7 nitrogen and oxygen atoms in total. The predicted molar refractivity (Wildman–Crippen MR) is 59.4 cm³/mol. The zero-order chi connectivity index (χ0) is 12.0. The average Bonchev–Trinajstić information content (AvgIpc) is 2.27. The van der Waals surface area contributed by atoms with Gasteiger partial charge in [0.25, 0.3) is 5.56 Å². The number of fused-ring (bicyclic) bond motifs is 1. The lowest BCUT2D eigenvalue weighted by Gasteiger charge is -2.07. The van der Waals surface area contributed by atoms with Gasteiger partial charge in [0.15, 0.2) is 10.8 Å². The monoisotopic (exact) mass is 241 g/mol. The topological polar surface area (TPSA) is 95.8 Å². The highest BCUT2D eigenvalue weighted by molar-refractivity contribution is 6.33. The minimum Gasteiger partial charge on any atom is -0.395 e. The molecule has 0 bridgehead atoms. The van der Waals surface area contributed by atoms with E-state index in [1.807, 2.05) is 0 Å². The number of nitrogen functional groups attached to an aromatic ring is 1. The fourth-order valence-electron chi connectivity index (χ4n) is 1.43. The first-order valence-corrected chi connectivity index (χ1v) is 4.70. The minimum atomic E-state index is -0.535. The van der Waals surface area contributed by atoms with Gasteiger partial charge in [-0.05, 0) is 0 Å². The van der Waals surface area contributed by atoms with Crippen LogP contribution in [0.15, 0.2) is 9.59 Å². The van der Waals surface area contributed by atoms with Crippen molar-refractivity contribution in [3.05, 3.63) is 26.0 Å². The van der Waals surface area contributed by atoms with E-state index >= 15 is 0 Å². The van der Waals surface area contributed by atoms with E-state index < -0.39 is 11.2 Å². The summed E-state index contributed by atoms with van der Waals surface area (Å²) in [6, 6.07) is 0. The summed E-state index contributed by atoms with van der Waals surface area (Å²) < 4.78 is 2.13. The molecule has 0 radical (unpaired) electrons. The second kappa shape index (κ2) is 3.31. The number of hydrogen-bond acceptors (Lipinski definition) is 5. The van der Waals surface area contributed by atoms with Crippen LogP contribution in [0.3, 0.4) is 0 Å². The van der Waals surface area contributed by atoms with Crippen molar-refractivity contribution < 1.29 is 0 Å². The van der Waals surface area contributed by atoms with E-state index in [2.05, 4.69) is 10.2 Å². The Bertz CT molecular complexity index is 702. The van der Waals surface area contributed by atoms with Crippen molar-refractivity contribution >= 4 is 28.3 Å². The van der Waals surface area contributed by atoms with Crippen LogP contribution in [-0.2, 0) is 14.1 Å². The summed E-state index contributed by atoms with van der Waals surface area (Å²) in [7, 11) is 2.84. The van der Waals surface area contributed by atoms with Gasteiger partial charge < -0.3 is 5.73 Å². The van der Waals surface area contributed by atoms with E-state index in [0.29, 0.717) is 0 Å². The first kappa shape index (κ1) is 10.6. The van der Waals surface area contributed by atoms with Crippen molar-refractivity contribution in [2.45, 2.75) is 0 Å². The maximum Gasteiger partial charge on any atom is 0.332 e. The van der Waals surface area contributed by atoms with Gasteiger partial charge in [0.1, 0.15) is 5.39 Å². The van der Waals surface area contributed by atoms with Crippen LogP contribution < -0.4 is 17.0 Å². The van der Waals surface area contributed by atoms with Crippen LogP contribution in [0.2, 0.25) is 5.15 Å². The summed E-state index contributed by atoms with van der Waals surface area (Å²) in [5, 5.41) is 7.30. The third kappa shape index (κ3) is 1.21. The molecule has 2 aromatic heterocycles. The number of halogens is 1. The van der Waals surface area contributed by atoms with Crippen molar-refractivity contribution in [2.75, 3.05) is 5.73 Å². The summed E-state index contributed by atoms with van der Waals surface area (Å²) in [6.07, 6.45) is 0. The number of rotatable bonds is 0. The zero-order valence-electron chi connectivity index (χ0n) is 8.56. The minimum absolute atomic E-state index is 0.0304. The van der Waals surface area contributed by atoms with Gasteiger partial charge in [-0.2, -0.15) is 0 Å². The summed E-state index contributed by atoms with van der Waals surface area (Å²) in [5.74, 6) is 0. The maximum atomic E-state index is 11.8. The van der Waals surface area contributed by atoms with Crippen LogP contribution >= 0.6 is 11.6 Å². The van der Waals surface area contributed by atoms with Gasteiger partial charge in [-0.25, -0.2) is 4.79 Å². The molecule has 2 N–H and O–H groups in total. The highest BCUT2D eigenvalue weighted by Gasteiger charge is 2.15. The third-order valence-corrected chi connectivity index (χ3v) is 2.64. The Morgan fingerprint density at radius 1 is 1.19 bits per heavy atom. The quantitative estimate of drug-likeness (QED) is 0.656. The molecule has 0 aromatic carbocycles. The molecule has 8 heteroatoms. The lowest BCUT2D eigenvalue weighted by Crippen LogP contribution is -2.37. The van der Waals surface area contributed by atoms with Crippen molar-refractivity contribution in [2.24, 2.45) is 14.1 Å². The summed E-state index contributed by atoms with van der Waals surface area (Å²) in [6.45, 7) is 0. The fraction of sp³-hybridized carbons (Fsp3) is 0.250. The van der Waals surface area contributed by atoms with Crippen LogP contribution in [-0.4, -0.2) is 19.3 Å². The Hall–Kier alpha value is -1.89. The van der Waals surface area contributed by atoms with Crippen LogP contribution in [0, 0.1) is 0 Å². The molecule has 2 rings (SSSR count). The Balaban J connectivity index is 3.22. The second-order valence-corrected chi connectivity index (χ2v) is 3.67. The molecule has 0 atom stereocenters. The van der Waals surface area contributed by atoms with Gasteiger partial charge in [0.2, 0.25) is 0 Å². The van der Waals surface area contributed by atoms with E-state index in [1.54, 1.807) is 0 Å². The molecule has 0 fully saturated rings. The normalized spacial score (nSPS) is 10.9. The molecule has 0 aliphatic carbocycles. The predicted octanol–water partition coefficient (Wildman–Crippen LogP) is -0.737. The van der Waals surface area contributed by atoms with Crippen molar-refractivity contribution in [3.8, 4) is 0 Å². The SMILES string of the molecule is Cn1c(=O)c2c(N)c(Cl)nnc2n(C)c1=O. The highest BCUT2D eigenvalue weighted by atomic mass is 35.5. The second-order valence-electron chi connectivity index (χ2n) is 3.31. The molecule has 16 heavy (non-hydrogen) atoms. The Morgan fingerprint density at radius 3 is 2.44 bits per heavy atom. The molecule has 0 unspecified atom stereocenters. The molecule has 2 heterocycles. The molecule has 0 amide bonds. The molecule has 2 aromatic rings. The highest BCUT2D eigenvalue weighted by Crippen LogP contribution is 2.19. The first-order chi connectivity index (χ1) is 7.45. The molecular weight excluding hydrogens is 234 g/mol. The number of aromatic nitrogens is 4. The molecule has 0 saturated heterocycles. The lowest BCUT2D eigenvalue weighted by atomic mass is 10.3. The number of hydrogen-bond donors (Lipinski definition) is 1. The lowest BCUT2D eigenvalue weighted by molar-refractivity contribution is 0.703. The fourth-order valence-corrected chi connectivity index (χ4v) is 1.57. The number of anilines is 1. The van der Waals surface area contributed by atoms with Gasteiger partial charge in [-0.15, -0.1) is 10.2 Å². The van der Waals surface area contributed by atoms with E-state index in [0.717, 1.165) is 4.57 Å². The molecule has 84 valence electrons. The van der Waals surface area contributed by atoms with Crippen molar-refractivity contribution in [1.29, 1.82) is 0 Å². The van der Waals surface area contributed by atoms with Gasteiger partial charge in [0.05, 0.1) is 5.69 Å². The largest absolute Gasteiger partial charge is 0.395 e. The third-order valence-electron chi connectivity index (χ3n) is 2.36. The smallest absolute Gasteiger partial charge is 0.332 e. The Labute approximate surface area is 94.1 Å². The standard InChI is InChI=1S/C8H8ClN5O2/c1-13-6-3(4(10)5(9)11-12-6)7(15)14(2)8(13)16/h1-2H3,(H2,10,12). The molecule has 0 saturated carbocycles. The van der Waals surface area contributed by atoms with Crippen LogP contribution in [0.25, 0.3) is 11.0 Å². The van der Waals surface area contributed by atoms with Crippen LogP contribution in [0.5, 0.6) is 0 Å². The van der Waals surface area contributed by atoms with Crippen molar-refractivity contribution in [1.82, 2.24) is 19.3 Å². The summed E-state index contributed by atoms with van der Waals surface area (Å²) in [5.41, 5.74) is 4.77. The van der Waals surface area contributed by atoms with Gasteiger partial charge in [-0.3, -0.25) is 13.9 Å². The maximum absolute atomic E-state index is 11.8. The van der Waals surface area contributed by atoms with E-state index in [1.165, 1.54) is 18.7 Å². The molecule has 0 aliphatic rings. The van der Waals surface area contributed by atoms with E-state index in [-0.39, 0.29) is 21.9 Å². The Kier molecular flexibility index (Phi) is 2.20. The summed E-state index contributed by atoms with van der Waals surface area (Å²) in [4.78, 5) is 23.4. The molecule has 0 spiro atoms. The summed E-state index contributed by atoms with van der Waals surface area (Å²) >= 11 is 5.67. The Morgan fingerprint density at radius 2 is 1.81 bits per heavy atom. The average molecular weight is 242 g/mol. The van der Waals surface area contributed by atoms with Crippen molar-refractivity contribution in [3.63, 3.8) is 0 Å². The van der Waals surface area contributed by atoms with Crippen LogP contribution in [0.4, 0.5) is 5.69 Å². The zero-order valence-corrected chi connectivity index (χ0v) is 9.32. The molecule has 0 aliphatic heterocycles.